The van der Waals surface area contributed by atoms with Gasteiger partial charge < -0.3 is 14.8 Å². The number of methoxy groups -OCH3 is 2. The van der Waals surface area contributed by atoms with Gasteiger partial charge in [0, 0.05) is 38.2 Å². The Labute approximate surface area is 157 Å². The summed E-state index contributed by atoms with van der Waals surface area (Å²) in [4.78, 5) is 14.4. The Hall–Kier alpha value is -1.59. The number of nitrogens with zero attached hydrogens (tertiary/aromatic N) is 1. The summed E-state index contributed by atoms with van der Waals surface area (Å²) < 4.78 is 10.7. The van der Waals surface area contributed by atoms with Gasteiger partial charge in [-0.3, -0.25) is 9.69 Å². The molecule has 1 aliphatic carbocycles. The van der Waals surface area contributed by atoms with Crippen LogP contribution in [0, 0.1) is 5.92 Å². The van der Waals surface area contributed by atoms with Gasteiger partial charge in [-0.05, 0) is 62.3 Å². The van der Waals surface area contributed by atoms with Crippen molar-refractivity contribution in [2.45, 2.75) is 57.7 Å². The Balaban J connectivity index is 1.49. The van der Waals surface area contributed by atoms with E-state index in [-0.39, 0.29) is 5.91 Å². The Morgan fingerprint density at radius 3 is 2.85 bits per heavy atom. The van der Waals surface area contributed by atoms with E-state index in [1.54, 1.807) is 14.2 Å². The van der Waals surface area contributed by atoms with Crippen LogP contribution >= 0.6 is 0 Å². The minimum Gasteiger partial charge on any atom is -0.496 e. The number of nitrogens with one attached hydrogen (secondary N) is 1. The molecule has 144 valence electrons. The van der Waals surface area contributed by atoms with Gasteiger partial charge >= 0.3 is 0 Å². The zero-order valence-corrected chi connectivity index (χ0v) is 16.1. The van der Waals surface area contributed by atoms with Crippen molar-refractivity contribution in [1.82, 2.24) is 10.2 Å². The standard InChI is InChI=1S/C21H32N2O3/c1-25-15-18-12-17(5-9-20(18)26-2)14-23-11-3-4-16(13-23)6-10-21(24)22-19-7-8-19/h5,9,12,16,19H,3-4,6-8,10-11,13-15H2,1-2H3,(H,22,24). The summed E-state index contributed by atoms with van der Waals surface area (Å²) in [6, 6.07) is 6.84. The molecule has 5 heteroatoms. The molecule has 1 saturated carbocycles. The van der Waals surface area contributed by atoms with Crippen molar-refractivity contribution in [3.05, 3.63) is 29.3 Å². The SMILES string of the molecule is COCc1cc(CN2CCCC(CCC(=O)NC3CC3)C2)ccc1OC. The fourth-order valence-electron chi connectivity index (χ4n) is 3.85. The van der Waals surface area contributed by atoms with E-state index in [9.17, 15) is 4.79 Å². The molecule has 1 amide bonds. The molecule has 0 aromatic heterocycles. The average molecular weight is 360 g/mol. The molecular formula is C21H32N2O3. The van der Waals surface area contributed by atoms with Crippen molar-refractivity contribution in [1.29, 1.82) is 0 Å². The van der Waals surface area contributed by atoms with Crippen LogP contribution in [-0.2, 0) is 22.7 Å². The monoisotopic (exact) mass is 360 g/mol. The molecule has 1 saturated heterocycles. The quantitative estimate of drug-likeness (QED) is 0.735. The number of piperidine rings is 1. The molecule has 1 N–H and O–H groups in total. The highest BCUT2D eigenvalue weighted by atomic mass is 16.5. The van der Waals surface area contributed by atoms with Crippen LogP contribution < -0.4 is 10.1 Å². The molecule has 1 aromatic rings. The van der Waals surface area contributed by atoms with Gasteiger partial charge in [0.15, 0.2) is 0 Å². The smallest absolute Gasteiger partial charge is 0.220 e. The van der Waals surface area contributed by atoms with E-state index in [2.05, 4.69) is 22.3 Å². The first-order valence-electron chi connectivity index (χ1n) is 9.84. The highest BCUT2D eigenvalue weighted by Crippen LogP contribution is 2.25. The topological polar surface area (TPSA) is 50.8 Å². The summed E-state index contributed by atoms with van der Waals surface area (Å²) in [5.74, 6) is 1.75. The van der Waals surface area contributed by atoms with E-state index in [0.29, 0.717) is 25.0 Å². The highest BCUT2D eigenvalue weighted by Gasteiger charge is 2.25. The normalized spacial score (nSPS) is 20.8. The second kappa shape index (κ2) is 9.38. The number of amides is 1. The third kappa shape index (κ3) is 5.71. The van der Waals surface area contributed by atoms with Gasteiger partial charge in [-0.2, -0.15) is 0 Å². The van der Waals surface area contributed by atoms with E-state index in [1.807, 2.05) is 6.07 Å². The summed E-state index contributed by atoms with van der Waals surface area (Å²) >= 11 is 0. The maximum atomic E-state index is 11.9. The van der Waals surface area contributed by atoms with Crippen molar-refractivity contribution < 1.29 is 14.3 Å². The van der Waals surface area contributed by atoms with E-state index in [0.717, 1.165) is 50.2 Å². The first kappa shape index (κ1) is 19.2. The van der Waals surface area contributed by atoms with Crippen LogP contribution in [0.4, 0.5) is 0 Å². The fourth-order valence-corrected chi connectivity index (χ4v) is 3.85. The summed E-state index contributed by atoms with van der Waals surface area (Å²) in [7, 11) is 3.41. The molecule has 2 aliphatic rings. The van der Waals surface area contributed by atoms with Crippen LogP contribution in [0.1, 0.15) is 49.7 Å². The number of carbonyl (C=O) groups excluding carboxylic acids is 1. The number of benzene rings is 1. The first-order chi connectivity index (χ1) is 12.7. The zero-order chi connectivity index (χ0) is 18.4. The average Bonchev–Trinajstić information content (AvgIpc) is 3.45. The Morgan fingerprint density at radius 1 is 1.27 bits per heavy atom. The highest BCUT2D eigenvalue weighted by molar-refractivity contribution is 5.76. The summed E-state index contributed by atoms with van der Waals surface area (Å²) in [5.41, 5.74) is 2.39. The lowest BCUT2D eigenvalue weighted by Crippen LogP contribution is -2.35. The van der Waals surface area contributed by atoms with Crippen molar-refractivity contribution >= 4 is 5.91 Å². The lowest BCUT2D eigenvalue weighted by molar-refractivity contribution is -0.121. The van der Waals surface area contributed by atoms with Crippen molar-refractivity contribution in [2.75, 3.05) is 27.3 Å². The molecule has 0 spiro atoms. The third-order valence-corrected chi connectivity index (χ3v) is 5.38. The number of carbonyl (C=O) groups is 1. The van der Waals surface area contributed by atoms with Gasteiger partial charge in [0.1, 0.15) is 5.75 Å². The maximum absolute atomic E-state index is 11.9. The van der Waals surface area contributed by atoms with Crippen LogP contribution in [-0.4, -0.2) is 44.2 Å². The zero-order valence-electron chi connectivity index (χ0n) is 16.1. The van der Waals surface area contributed by atoms with Crippen molar-refractivity contribution in [3.63, 3.8) is 0 Å². The van der Waals surface area contributed by atoms with Gasteiger partial charge in [-0.15, -0.1) is 0 Å². The lowest BCUT2D eigenvalue weighted by Gasteiger charge is -2.33. The van der Waals surface area contributed by atoms with Crippen LogP contribution in [0.25, 0.3) is 0 Å². The minimum atomic E-state index is 0.240. The van der Waals surface area contributed by atoms with Crippen LogP contribution in [0.15, 0.2) is 18.2 Å². The Kier molecular flexibility index (Phi) is 6.92. The van der Waals surface area contributed by atoms with Crippen LogP contribution in [0.2, 0.25) is 0 Å². The Morgan fingerprint density at radius 2 is 2.12 bits per heavy atom. The van der Waals surface area contributed by atoms with Crippen molar-refractivity contribution in [2.24, 2.45) is 5.92 Å². The molecule has 1 unspecified atom stereocenters. The maximum Gasteiger partial charge on any atom is 0.220 e. The van der Waals surface area contributed by atoms with Gasteiger partial charge in [-0.25, -0.2) is 0 Å². The van der Waals surface area contributed by atoms with E-state index < -0.39 is 0 Å². The second-order valence-corrected chi connectivity index (χ2v) is 7.70. The molecule has 2 fully saturated rings. The fraction of sp³-hybridized carbons (Fsp3) is 0.667. The minimum absolute atomic E-state index is 0.240. The molecule has 5 nitrogen and oxygen atoms in total. The second-order valence-electron chi connectivity index (χ2n) is 7.70. The van der Waals surface area contributed by atoms with Crippen LogP contribution in [0.5, 0.6) is 5.75 Å². The van der Waals surface area contributed by atoms with Gasteiger partial charge in [0.05, 0.1) is 13.7 Å². The summed E-state index contributed by atoms with van der Waals surface area (Å²) in [6.45, 7) is 3.74. The van der Waals surface area contributed by atoms with Crippen LogP contribution in [0.3, 0.4) is 0 Å². The van der Waals surface area contributed by atoms with Gasteiger partial charge in [0.25, 0.3) is 0 Å². The molecule has 1 atom stereocenters. The summed E-state index contributed by atoms with van der Waals surface area (Å²) in [5, 5.41) is 3.10. The number of ether oxygens (including phenoxy) is 2. The third-order valence-electron chi connectivity index (χ3n) is 5.38. The molecule has 0 bridgehead atoms. The van der Waals surface area contributed by atoms with Gasteiger partial charge in [-0.1, -0.05) is 6.07 Å². The predicted molar refractivity (Wildman–Crippen MR) is 102 cm³/mol. The van der Waals surface area contributed by atoms with E-state index >= 15 is 0 Å². The van der Waals surface area contributed by atoms with E-state index in [1.165, 1.54) is 18.4 Å². The predicted octanol–water partition coefficient (Wildman–Crippen LogP) is 3.11. The first-order valence-corrected chi connectivity index (χ1v) is 9.84. The number of likely N-dealkylation sites (tertiary alicyclic amines) is 1. The molecule has 1 aromatic carbocycles. The molecule has 1 aliphatic heterocycles. The van der Waals surface area contributed by atoms with Gasteiger partial charge in [0.2, 0.25) is 5.91 Å². The molecule has 1 heterocycles. The number of hydrogen-bond acceptors (Lipinski definition) is 4. The van der Waals surface area contributed by atoms with E-state index in [4.69, 9.17) is 9.47 Å². The lowest BCUT2D eigenvalue weighted by atomic mass is 9.93. The largest absolute Gasteiger partial charge is 0.496 e. The summed E-state index contributed by atoms with van der Waals surface area (Å²) in [6.07, 6.45) is 6.47. The molecular weight excluding hydrogens is 328 g/mol. The number of hydrogen-bond donors (Lipinski definition) is 1. The number of rotatable bonds is 9. The molecule has 0 radical (unpaired) electrons. The Bertz CT molecular complexity index is 601. The molecule has 26 heavy (non-hydrogen) atoms. The molecule has 3 rings (SSSR count). The van der Waals surface area contributed by atoms with Crippen molar-refractivity contribution in [3.8, 4) is 5.75 Å².